The maximum Gasteiger partial charge on any atom is 0.254 e. The van der Waals surface area contributed by atoms with E-state index in [1.807, 2.05) is 37.3 Å². The van der Waals surface area contributed by atoms with Crippen LogP contribution in [0, 0.1) is 6.92 Å². The molecule has 0 spiro atoms. The summed E-state index contributed by atoms with van der Waals surface area (Å²) in [6.45, 7) is 1.79. The van der Waals surface area contributed by atoms with Gasteiger partial charge in [-0.05, 0) is 44.0 Å². The Bertz CT molecular complexity index is 814. The van der Waals surface area contributed by atoms with Crippen LogP contribution in [0.25, 0.3) is 0 Å². The first-order valence-corrected chi connectivity index (χ1v) is 9.02. The van der Waals surface area contributed by atoms with Crippen LogP contribution in [-0.2, 0) is 9.59 Å². The molecule has 0 unspecified atom stereocenters. The molecular weight excluding hydrogens is 342 g/mol. The molecule has 0 bridgehead atoms. The number of rotatable bonds is 7. The molecule has 6 heteroatoms. The van der Waals surface area contributed by atoms with Crippen molar-refractivity contribution in [2.75, 3.05) is 18.4 Å². The van der Waals surface area contributed by atoms with Gasteiger partial charge in [-0.1, -0.05) is 35.9 Å². The van der Waals surface area contributed by atoms with E-state index in [0.29, 0.717) is 11.3 Å². The minimum atomic E-state index is -0.342. The zero-order valence-electron chi connectivity index (χ0n) is 15.3. The largest absolute Gasteiger partial charge is 0.345 e. The van der Waals surface area contributed by atoms with Gasteiger partial charge in [0.2, 0.25) is 11.8 Å². The lowest BCUT2D eigenvalue weighted by molar-refractivity contribution is -0.124. The zero-order chi connectivity index (χ0) is 19.2. The summed E-state index contributed by atoms with van der Waals surface area (Å²) in [6.07, 6.45) is 1.81. The maximum absolute atomic E-state index is 12.6. The van der Waals surface area contributed by atoms with Crippen molar-refractivity contribution in [2.24, 2.45) is 0 Å². The van der Waals surface area contributed by atoms with Crippen molar-refractivity contribution < 1.29 is 14.4 Å². The average Bonchev–Trinajstić information content (AvgIpc) is 3.51. The standard InChI is InChI=1S/C21H23N3O3/c1-15-7-9-17(10-8-15)23-19(25)13-22-20(26)14-24(18-11-12-18)21(27)16-5-3-2-4-6-16/h2-10,18H,11-14H2,1H3,(H,22,26)(H,23,25). The van der Waals surface area contributed by atoms with Crippen LogP contribution in [0.15, 0.2) is 54.6 Å². The van der Waals surface area contributed by atoms with E-state index in [0.717, 1.165) is 18.4 Å². The van der Waals surface area contributed by atoms with Gasteiger partial charge >= 0.3 is 0 Å². The number of benzene rings is 2. The van der Waals surface area contributed by atoms with E-state index >= 15 is 0 Å². The van der Waals surface area contributed by atoms with Gasteiger partial charge in [0.15, 0.2) is 0 Å². The summed E-state index contributed by atoms with van der Waals surface area (Å²) in [7, 11) is 0. The summed E-state index contributed by atoms with van der Waals surface area (Å²) in [5.74, 6) is -0.804. The number of nitrogens with zero attached hydrogens (tertiary/aromatic N) is 1. The van der Waals surface area contributed by atoms with E-state index in [1.54, 1.807) is 29.2 Å². The summed E-state index contributed by atoms with van der Waals surface area (Å²) in [5, 5.41) is 5.32. The fourth-order valence-electron chi connectivity index (χ4n) is 2.73. The quantitative estimate of drug-likeness (QED) is 0.791. The first-order valence-electron chi connectivity index (χ1n) is 9.02. The molecule has 3 amide bonds. The van der Waals surface area contributed by atoms with Crippen molar-refractivity contribution in [3.05, 3.63) is 65.7 Å². The van der Waals surface area contributed by atoms with Crippen LogP contribution >= 0.6 is 0 Å². The minimum Gasteiger partial charge on any atom is -0.345 e. The topological polar surface area (TPSA) is 78.5 Å². The maximum atomic E-state index is 12.6. The van der Waals surface area contributed by atoms with Gasteiger partial charge in [-0.3, -0.25) is 14.4 Å². The highest BCUT2D eigenvalue weighted by atomic mass is 16.2. The lowest BCUT2D eigenvalue weighted by Crippen LogP contribution is -2.43. The van der Waals surface area contributed by atoms with E-state index in [2.05, 4.69) is 10.6 Å². The Balaban J connectivity index is 1.50. The first kappa shape index (κ1) is 18.6. The molecule has 2 aromatic rings. The summed E-state index contributed by atoms with van der Waals surface area (Å²) in [4.78, 5) is 38.4. The number of carbonyl (C=O) groups is 3. The molecule has 140 valence electrons. The summed E-state index contributed by atoms with van der Waals surface area (Å²) in [6, 6.07) is 16.4. The third-order valence-electron chi connectivity index (χ3n) is 4.36. The highest BCUT2D eigenvalue weighted by molar-refractivity contribution is 5.98. The molecule has 0 atom stereocenters. The van der Waals surface area contributed by atoms with Gasteiger partial charge < -0.3 is 15.5 Å². The van der Waals surface area contributed by atoms with Crippen molar-refractivity contribution in [1.29, 1.82) is 0 Å². The van der Waals surface area contributed by atoms with Crippen molar-refractivity contribution in [3.63, 3.8) is 0 Å². The Hall–Kier alpha value is -3.15. The Labute approximate surface area is 158 Å². The molecular formula is C21H23N3O3. The number of hydrogen-bond acceptors (Lipinski definition) is 3. The van der Waals surface area contributed by atoms with E-state index in [9.17, 15) is 14.4 Å². The van der Waals surface area contributed by atoms with Crippen LogP contribution < -0.4 is 10.6 Å². The molecule has 0 aromatic heterocycles. The fourth-order valence-corrected chi connectivity index (χ4v) is 2.73. The van der Waals surface area contributed by atoms with E-state index < -0.39 is 0 Å². The minimum absolute atomic E-state index is 0.0454. The van der Waals surface area contributed by atoms with Crippen molar-refractivity contribution in [2.45, 2.75) is 25.8 Å². The Morgan fingerprint density at radius 3 is 2.26 bits per heavy atom. The smallest absolute Gasteiger partial charge is 0.254 e. The van der Waals surface area contributed by atoms with E-state index in [4.69, 9.17) is 0 Å². The van der Waals surface area contributed by atoms with Crippen LogP contribution in [-0.4, -0.2) is 41.8 Å². The second-order valence-corrected chi connectivity index (χ2v) is 6.72. The number of hydrogen-bond donors (Lipinski definition) is 2. The van der Waals surface area contributed by atoms with Gasteiger partial charge in [-0.2, -0.15) is 0 Å². The molecule has 3 rings (SSSR count). The van der Waals surface area contributed by atoms with Crippen molar-refractivity contribution in [3.8, 4) is 0 Å². The van der Waals surface area contributed by atoms with Gasteiger partial charge in [0.1, 0.15) is 6.54 Å². The van der Waals surface area contributed by atoms with Gasteiger partial charge in [0.25, 0.3) is 5.91 Å². The van der Waals surface area contributed by atoms with Crippen molar-refractivity contribution in [1.82, 2.24) is 10.2 Å². The van der Waals surface area contributed by atoms with Crippen LogP contribution in [0.5, 0.6) is 0 Å². The van der Waals surface area contributed by atoms with Gasteiger partial charge in [-0.25, -0.2) is 0 Å². The number of amides is 3. The zero-order valence-corrected chi connectivity index (χ0v) is 15.3. The molecule has 27 heavy (non-hydrogen) atoms. The second kappa shape index (κ2) is 8.49. The number of nitrogens with one attached hydrogen (secondary N) is 2. The molecule has 0 aliphatic heterocycles. The summed E-state index contributed by atoms with van der Waals surface area (Å²) < 4.78 is 0. The summed E-state index contributed by atoms with van der Waals surface area (Å²) in [5.41, 5.74) is 2.34. The van der Waals surface area contributed by atoms with E-state index in [1.165, 1.54) is 0 Å². The lowest BCUT2D eigenvalue weighted by atomic mass is 10.2. The van der Waals surface area contributed by atoms with Crippen LogP contribution in [0.3, 0.4) is 0 Å². The van der Waals surface area contributed by atoms with E-state index in [-0.39, 0.29) is 36.9 Å². The monoisotopic (exact) mass is 365 g/mol. The van der Waals surface area contributed by atoms with Crippen LogP contribution in [0.1, 0.15) is 28.8 Å². The molecule has 2 aromatic carbocycles. The molecule has 0 saturated heterocycles. The Kier molecular flexibility index (Phi) is 5.86. The molecule has 1 saturated carbocycles. The molecule has 1 aliphatic rings. The molecule has 0 heterocycles. The lowest BCUT2D eigenvalue weighted by Gasteiger charge is -2.22. The molecule has 6 nitrogen and oxygen atoms in total. The molecule has 2 N–H and O–H groups in total. The Morgan fingerprint density at radius 2 is 1.63 bits per heavy atom. The predicted octanol–water partition coefficient (Wildman–Crippen LogP) is 2.35. The average molecular weight is 365 g/mol. The third-order valence-corrected chi connectivity index (χ3v) is 4.36. The fraction of sp³-hybridized carbons (Fsp3) is 0.286. The second-order valence-electron chi connectivity index (χ2n) is 6.72. The number of aryl methyl sites for hydroxylation is 1. The normalized spacial score (nSPS) is 12.9. The van der Waals surface area contributed by atoms with Gasteiger partial charge in [0.05, 0.1) is 6.54 Å². The molecule has 0 radical (unpaired) electrons. The molecule has 1 fully saturated rings. The number of carbonyl (C=O) groups excluding carboxylic acids is 3. The predicted molar refractivity (Wildman–Crippen MR) is 103 cm³/mol. The van der Waals surface area contributed by atoms with Gasteiger partial charge in [0, 0.05) is 17.3 Å². The highest BCUT2D eigenvalue weighted by Crippen LogP contribution is 2.28. The van der Waals surface area contributed by atoms with Crippen LogP contribution in [0.2, 0.25) is 0 Å². The Morgan fingerprint density at radius 1 is 0.963 bits per heavy atom. The van der Waals surface area contributed by atoms with Gasteiger partial charge in [-0.15, -0.1) is 0 Å². The SMILES string of the molecule is Cc1ccc(NC(=O)CNC(=O)CN(C(=O)c2ccccc2)C2CC2)cc1. The highest BCUT2D eigenvalue weighted by Gasteiger charge is 2.34. The van der Waals surface area contributed by atoms with Crippen LogP contribution in [0.4, 0.5) is 5.69 Å². The summed E-state index contributed by atoms with van der Waals surface area (Å²) >= 11 is 0. The first-order chi connectivity index (χ1) is 13.0. The molecule has 1 aliphatic carbocycles. The van der Waals surface area contributed by atoms with Crippen molar-refractivity contribution >= 4 is 23.4 Å². The third kappa shape index (κ3) is 5.41. The number of anilines is 1.